The van der Waals surface area contributed by atoms with Gasteiger partial charge >= 0.3 is 0 Å². The Hall–Kier alpha value is -3.78. The molecule has 0 spiro atoms. The molecule has 0 amide bonds. The lowest BCUT2D eigenvalue weighted by atomic mass is 10.1. The van der Waals surface area contributed by atoms with Crippen molar-refractivity contribution in [3.63, 3.8) is 0 Å². The number of aromatic nitrogens is 2. The number of hydrogen-bond donors (Lipinski definition) is 0. The average Bonchev–Trinajstić information content (AvgIpc) is 3.42. The highest BCUT2D eigenvalue weighted by molar-refractivity contribution is 6.17. The minimum Gasteiger partial charge on any atom is -0.340 e. The van der Waals surface area contributed by atoms with Crippen molar-refractivity contribution >= 4 is 49.7 Å². The van der Waals surface area contributed by atoms with Gasteiger partial charge in [-0.25, -0.2) is 0 Å². The topological polar surface area (TPSA) is 9.86 Å². The van der Waals surface area contributed by atoms with Gasteiger partial charge in [-0.1, -0.05) is 112 Å². The van der Waals surface area contributed by atoms with E-state index in [2.05, 4.69) is 108 Å². The fourth-order valence-electron chi connectivity index (χ4n) is 5.99. The fourth-order valence-corrected chi connectivity index (χ4v) is 5.99. The van der Waals surface area contributed by atoms with Crippen molar-refractivity contribution in [1.82, 2.24) is 9.13 Å². The quantitative estimate of drug-likeness (QED) is 0.171. The van der Waals surface area contributed by atoms with Gasteiger partial charge in [0.05, 0.1) is 5.52 Å². The molecule has 2 heteroatoms. The highest BCUT2D eigenvalue weighted by Gasteiger charge is 2.16. The van der Waals surface area contributed by atoms with E-state index in [9.17, 15) is 0 Å². The maximum atomic E-state index is 3.90. The lowest BCUT2D eigenvalue weighted by molar-refractivity contribution is 0.571. The van der Waals surface area contributed by atoms with Gasteiger partial charge in [-0.15, -0.1) is 0 Å². The van der Waals surface area contributed by atoms with Crippen LogP contribution < -0.4 is 0 Å². The first kappa shape index (κ1) is 23.6. The Labute approximate surface area is 219 Å². The number of rotatable bonds is 10. The molecule has 0 saturated heterocycles. The standard InChI is InChI=1S/C35H36N2/c1-3-5-6-7-8-13-22-36-32-16-11-9-14-28(32)30-24-35-31(23-34(30)36)29-15-10-12-17-33(29)37(35)25-27-20-18-26(4-2)19-21-27/h4,9-12,14-21,23-24H,2-3,5-8,13,22,25H2,1H3. The zero-order valence-electron chi connectivity index (χ0n) is 21.9. The van der Waals surface area contributed by atoms with Crippen molar-refractivity contribution in [2.75, 3.05) is 0 Å². The molecule has 0 saturated carbocycles. The smallest absolute Gasteiger partial charge is 0.0502 e. The van der Waals surface area contributed by atoms with Gasteiger partial charge in [-0.05, 0) is 41.8 Å². The van der Waals surface area contributed by atoms with E-state index in [1.54, 1.807) is 0 Å². The van der Waals surface area contributed by atoms with E-state index in [0.717, 1.165) is 18.7 Å². The summed E-state index contributed by atoms with van der Waals surface area (Å²) < 4.78 is 5.07. The molecule has 186 valence electrons. The molecular weight excluding hydrogens is 448 g/mol. The molecule has 0 bridgehead atoms. The predicted molar refractivity (Wildman–Crippen MR) is 161 cm³/mol. The highest BCUT2D eigenvalue weighted by atomic mass is 15.0. The van der Waals surface area contributed by atoms with E-state index in [1.807, 2.05) is 6.08 Å². The number of unbranched alkanes of at least 4 members (excludes halogenated alkanes) is 5. The van der Waals surface area contributed by atoms with Gasteiger partial charge in [-0.2, -0.15) is 0 Å². The van der Waals surface area contributed by atoms with Crippen LogP contribution in [0.4, 0.5) is 0 Å². The summed E-state index contributed by atoms with van der Waals surface area (Å²) in [6.07, 6.45) is 9.81. The Morgan fingerprint density at radius 3 is 1.81 bits per heavy atom. The van der Waals surface area contributed by atoms with Crippen LogP contribution in [0.3, 0.4) is 0 Å². The van der Waals surface area contributed by atoms with Gasteiger partial charge in [0, 0.05) is 51.2 Å². The third-order valence-electron chi connectivity index (χ3n) is 7.96. The molecule has 0 aliphatic rings. The summed E-state index contributed by atoms with van der Waals surface area (Å²) in [6.45, 7) is 8.12. The molecule has 0 atom stereocenters. The molecular formula is C35H36N2. The van der Waals surface area contributed by atoms with Crippen molar-refractivity contribution < 1.29 is 0 Å². The summed E-state index contributed by atoms with van der Waals surface area (Å²) in [6, 6.07) is 31.5. The second kappa shape index (κ2) is 10.3. The molecule has 0 aliphatic heterocycles. The van der Waals surface area contributed by atoms with E-state index >= 15 is 0 Å². The molecule has 0 N–H and O–H groups in total. The van der Waals surface area contributed by atoms with E-state index < -0.39 is 0 Å². The maximum absolute atomic E-state index is 3.90. The number of fused-ring (bicyclic) bond motifs is 6. The van der Waals surface area contributed by atoms with Crippen LogP contribution in [0.15, 0.2) is 91.5 Å². The van der Waals surface area contributed by atoms with Crippen LogP contribution in [0.5, 0.6) is 0 Å². The Kier molecular flexibility index (Phi) is 6.57. The first-order chi connectivity index (χ1) is 18.3. The zero-order chi connectivity index (χ0) is 25.2. The lowest BCUT2D eigenvalue weighted by Crippen LogP contribution is -2.00. The van der Waals surface area contributed by atoms with Gasteiger partial charge in [0.25, 0.3) is 0 Å². The van der Waals surface area contributed by atoms with Crippen LogP contribution in [-0.4, -0.2) is 9.13 Å². The number of benzene rings is 4. The molecule has 0 unspecified atom stereocenters. The first-order valence-corrected chi connectivity index (χ1v) is 13.9. The second-order valence-electron chi connectivity index (χ2n) is 10.4. The van der Waals surface area contributed by atoms with Crippen molar-refractivity contribution in [2.24, 2.45) is 0 Å². The van der Waals surface area contributed by atoms with Crippen molar-refractivity contribution in [3.05, 3.63) is 103 Å². The molecule has 2 heterocycles. The number of aryl methyl sites for hydroxylation is 1. The Bertz CT molecular complexity index is 1690. The predicted octanol–water partition coefficient (Wildman–Crippen LogP) is 9.95. The summed E-state index contributed by atoms with van der Waals surface area (Å²) in [7, 11) is 0. The summed E-state index contributed by atoms with van der Waals surface area (Å²) >= 11 is 0. The molecule has 0 aliphatic carbocycles. The van der Waals surface area contributed by atoms with Gasteiger partial charge in [0.1, 0.15) is 0 Å². The molecule has 37 heavy (non-hydrogen) atoms. The average molecular weight is 485 g/mol. The van der Waals surface area contributed by atoms with Crippen LogP contribution in [0.1, 0.15) is 56.6 Å². The summed E-state index contributed by atoms with van der Waals surface area (Å²) in [4.78, 5) is 0. The normalized spacial score (nSPS) is 11.8. The third-order valence-corrected chi connectivity index (χ3v) is 7.96. The number of nitrogens with zero attached hydrogens (tertiary/aromatic N) is 2. The lowest BCUT2D eigenvalue weighted by Gasteiger charge is -2.09. The van der Waals surface area contributed by atoms with E-state index in [0.29, 0.717) is 0 Å². The van der Waals surface area contributed by atoms with Crippen molar-refractivity contribution in [1.29, 1.82) is 0 Å². The minimum atomic E-state index is 0.851. The minimum absolute atomic E-state index is 0.851. The van der Waals surface area contributed by atoms with Crippen LogP contribution in [0, 0.1) is 0 Å². The van der Waals surface area contributed by atoms with Gasteiger partial charge in [-0.3, -0.25) is 0 Å². The molecule has 2 nitrogen and oxygen atoms in total. The maximum Gasteiger partial charge on any atom is 0.0502 e. The Morgan fingerprint density at radius 2 is 1.16 bits per heavy atom. The van der Waals surface area contributed by atoms with E-state index in [1.165, 1.54) is 87.7 Å². The van der Waals surface area contributed by atoms with Gasteiger partial charge < -0.3 is 9.13 Å². The zero-order valence-corrected chi connectivity index (χ0v) is 21.9. The van der Waals surface area contributed by atoms with Crippen LogP contribution in [-0.2, 0) is 13.1 Å². The molecule has 0 radical (unpaired) electrons. The first-order valence-electron chi connectivity index (χ1n) is 13.9. The van der Waals surface area contributed by atoms with Gasteiger partial charge in [0.2, 0.25) is 0 Å². The molecule has 2 aromatic heterocycles. The highest BCUT2D eigenvalue weighted by Crippen LogP contribution is 2.37. The largest absolute Gasteiger partial charge is 0.340 e. The molecule has 6 rings (SSSR count). The summed E-state index contributed by atoms with van der Waals surface area (Å²) in [5.41, 5.74) is 7.79. The van der Waals surface area contributed by atoms with Crippen molar-refractivity contribution in [3.8, 4) is 0 Å². The molecule has 4 aromatic carbocycles. The fraction of sp³-hybridized carbons (Fsp3) is 0.257. The monoisotopic (exact) mass is 484 g/mol. The SMILES string of the molecule is C=Cc1ccc(Cn2c3ccccc3c3cc4c(cc32)c2ccccc2n4CCCCCCCC)cc1. The van der Waals surface area contributed by atoms with E-state index in [4.69, 9.17) is 0 Å². The summed E-state index contributed by atoms with van der Waals surface area (Å²) in [5, 5.41) is 5.40. The van der Waals surface area contributed by atoms with Gasteiger partial charge in [0.15, 0.2) is 0 Å². The summed E-state index contributed by atoms with van der Waals surface area (Å²) in [5.74, 6) is 0. The third kappa shape index (κ3) is 4.35. The van der Waals surface area contributed by atoms with Crippen LogP contribution >= 0.6 is 0 Å². The van der Waals surface area contributed by atoms with E-state index in [-0.39, 0.29) is 0 Å². The Morgan fingerprint density at radius 1 is 0.595 bits per heavy atom. The number of hydrogen-bond acceptors (Lipinski definition) is 0. The van der Waals surface area contributed by atoms with Crippen LogP contribution in [0.25, 0.3) is 49.7 Å². The Balaban J connectivity index is 1.48. The van der Waals surface area contributed by atoms with Crippen molar-refractivity contribution in [2.45, 2.75) is 58.5 Å². The number of para-hydroxylation sites is 2. The molecule has 0 fully saturated rings. The van der Waals surface area contributed by atoms with Crippen LogP contribution in [0.2, 0.25) is 0 Å². The second-order valence-corrected chi connectivity index (χ2v) is 10.4. The molecule has 6 aromatic rings.